The predicted octanol–water partition coefficient (Wildman–Crippen LogP) is 4.33. The molecule has 4 rings (SSSR count). The molecule has 3 aromatic rings. The first-order chi connectivity index (χ1) is 10.3. The Hall–Kier alpha value is -2.67. The van der Waals surface area contributed by atoms with E-state index in [4.69, 9.17) is 0 Å². The molecule has 0 radical (unpaired) electrons. The fourth-order valence-electron chi connectivity index (χ4n) is 3.02. The van der Waals surface area contributed by atoms with Gasteiger partial charge in [0.1, 0.15) is 0 Å². The highest BCUT2D eigenvalue weighted by atomic mass is 15.0. The fourth-order valence-corrected chi connectivity index (χ4v) is 3.02. The average Bonchev–Trinajstić information content (AvgIpc) is 2.56. The van der Waals surface area contributed by atoms with Crippen molar-refractivity contribution >= 4 is 5.70 Å². The summed E-state index contributed by atoms with van der Waals surface area (Å²) in [5.41, 5.74) is 7.53. The van der Waals surface area contributed by atoms with Crippen molar-refractivity contribution in [1.29, 1.82) is 0 Å². The van der Waals surface area contributed by atoms with Crippen molar-refractivity contribution in [2.75, 3.05) is 0 Å². The summed E-state index contributed by atoms with van der Waals surface area (Å²) in [6.45, 7) is 4.20. The highest BCUT2D eigenvalue weighted by molar-refractivity contribution is 5.75. The number of aromatic nitrogens is 1. The Kier molecular flexibility index (Phi) is 2.71. The van der Waals surface area contributed by atoms with Gasteiger partial charge in [-0.15, -0.1) is 0 Å². The van der Waals surface area contributed by atoms with Crippen molar-refractivity contribution < 1.29 is 4.57 Å². The quantitative estimate of drug-likeness (QED) is 0.579. The van der Waals surface area contributed by atoms with E-state index in [1.807, 2.05) is 0 Å². The molecule has 1 nitrogen and oxygen atoms in total. The van der Waals surface area contributed by atoms with Crippen molar-refractivity contribution in [2.45, 2.75) is 6.42 Å². The van der Waals surface area contributed by atoms with Crippen LogP contribution >= 0.6 is 0 Å². The van der Waals surface area contributed by atoms with Crippen LogP contribution in [-0.2, 0) is 6.42 Å². The molecule has 2 aromatic carbocycles. The second-order valence-corrected chi connectivity index (χ2v) is 5.44. The molecule has 0 N–H and O–H groups in total. The molecule has 0 aliphatic carbocycles. The van der Waals surface area contributed by atoms with Gasteiger partial charge in [0.2, 0.25) is 5.69 Å². The van der Waals surface area contributed by atoms with E-state index >= 15 is 0 Å². The Morgan fingerprint density at radius 3 is 2.48 bits per heavy atom. The van der Waals surface area contributed by atoms with Crippen molar-refractivity contribution in [3.8, 4) is 22.4 Å². The van der Waals surface area contributed by atoms with Crippen LogP contribution in [0.2, 0.25) is 0 Å². The molecule has 2 heterocycles. The molecule has 0 saturated carbocycles. The van der Waals surface area contributed by atoms with Crippen LogP contribution in [0.5, 0.6) is 0 Å². The maximum Gasteiger partial charge on any atom is 0.218 e. The molecule has 1 aromatic heterocycles. The molecule has 0 unspecified atom stereocenters. The molecule has 1 heteroatoms. The van der Waals surface area contributed by atoms with Crippen LogP contribution in [0.25, 0.3) is 28.1 Å². The molecular formula is C20H16N+. The number of hydrogen-bond donors (Lipinski definition) is 0. The van der Waals surface area contributed by atoms with Crippen LogP contribution in [0.1, 0.15) is 5.56 Å². The summed E-state index contributed by atoms with van der Waals surface area (Å²) in [5, 5.41) is 0. The molecule has 1 aliphatic heterocycles. The van der Waals surface area contributed by atoms with E-state index in [1.165, 1.54) is 27.9 Å². The maximum atomic E-state index is 4.20. The lowest BCUT2D eigenvalue weighted by atomic mass is 9.92. The minimum absolute atomic E-state index is 0.909. The average molecular weight is 270 g/mol. The molecule has 0 spiro atoms. The van der Waals surface area contributed by atoms with Crippen molar-refractivity contribution in [3.63, 3.8) is 0 Å². The van der Waals surface area contributed by atoms with Crippen LogP contribution in [0.4, 0.5) is 0 Å². The van der Waals surface area contributed by atoms with Gasteiger partial charge in [-0.05, 0) is 35.4 Å². The van der Waals surface area contributed by atoms with E-state index in [-0.39, 0.29) is 0 Å². The summed E-state index contributed by atoms with van der Waals surface area (Å²) in [6.07, 6.45) is 3.00. The minimum atomic E-state index is 0.909. The third kappa shape index (κ3) is 1.98. The summed E-state index contributed by atoms with van der Waals surface area (Å²) < 4.78 is 2.19. The van der Waals surface area contributed by atoms with Gasteiger partial charge in [-0.3, -0.25) is 0 Å². The third-order valence-electron chi connectivity index (χ3n) is 4.09. The molecule has 21 heavy (non-hydrogen) atoms. The van der Waals surface area contributed by atoms with Gasteiger partial charge in [0.15, 0.2) is 11.9 Å². The lowest BCUT2D eigenvalue weighted by molar-refractivity contribution is -0.572. The third-order valence-corrected chi connectivity index (χ3v) is 4.09. The zero-order valence-electron chi connectivity index (χ0n) is 11.8. The van der Waals surface area contributed by atoms with Crippen LogP contribution in [-0.4, -0.2) is 0 Å². The van der Waals surface area contributed by atoms with Crippen molar-refractivity contribution in [3.05, 3.63) is 85.1 Å². The van der Waals surface area contributed by atoms with Gasteiger partial charge < -0.3 is 0 Å². The summed E-state index contributed by atoms with van der Waals surface area (Å²) in [4.78, 5) is 0. The highest BCUT2D eigenvalue weighted by Crippen LogP contribution is 2.32. The van der Waals surface area contributed by atoms with E-state index in [9.17, 15) is 0 Å². The zero-order chi connectivity index (χ0) is 14.2. The van der Waals surface area contributed by atoms with Gasteiger partial charge in [0, 0.05) is 12.1 Å². The molecule has 0 amide bonds. The topological polar surface area (TPSA) is 3.88 Å². The molecule has 0 atom stereocenters. The molecular weight excluding hydrogens is 254 g/mol. The van der Waals surface area contributed by atoms with E-state index in [2.05, 4.69) is 84.1 Å². The van der Waals surface area contributed by atoms with Gasteiger partial charge in [-0.1, -0.05) is 42.5 Å². The van der Waals surface area contributed by atoms with Gasteiger partial charge >= 0.3 is 0 Å². The Bertz CT molecular complexity index is 831. The van der Waals surface area contributed by atoms with Gasteiger partial charge in [-0.2, -0.15) is 4.57 Å². The Morgan fingerprint density at radius 2 is 1.62 bits per heavy atom. The lowest BCUT2D eigenvalue weighted by Gasteiger charge is -2.16. The second-order valence-electron chi connectivity index (χ2n) is 5.44. The maximum absolute atomic E-state index is 4.20. The first-order valence-electron chi connectivity index (χ1n) is 7.20. The van der Waals surface area contributed by atoms with E-state index in [0.717, 1.165) is 12.1 Å². The predicted molar refractivity (Wildman–Crippen MR) is 86.5 cm³/mol. The first-order valence-corrected chi connectivity index (χ1v) is 7.20. The normalized spacial score (nSPS) is 12.7. The van der Waals surface area contributed by atoms with E-state index in [0.29, 0.717) is 0 Å². The fraction of sp³-hybridized carbons (Fsp3) is 0.0500. The molecule has 0 saturated heterocycles. The number of nitrogens with zero attached hydrogens (tertiary/aromatic N) is 1. The summed E-state index contributed by atoms with van der Waals surface area (Å²) in [5.74, 6) is 0. The number of benzene rings is 2. The summed E-state index contributed by atoms with van der Waals surface area (Å²) in [6, 6.07) is 23.6. The van der Waals surface area contributed by atoms with Crippen molar-refractivity contribution in [1.82, 2.24) is 0 Å². The van der Waals surface area contributed by atoms with Crippen LogP contribution < -0.4 is 4.57 Å². The summed E-state index contributed by atoms with van der Waals surface area (Å²) >= 11 is 0. The number of rotatable bonds is 1. The second kappa shape index (κ2) is 4.71. The van der Waals surface area contributed by atoms with Gasteiger partial charge in [-0.25, -0.2) is 0 Å². The zero-order valence-corrected chi connectivity index (χ0v) is 11.8. The van der Waals surface area contributed by atoms with Crippen LogP contribution in [0.3, 0.4) is 0 Å². The standard InChI is InChI=1S/C20H16N/c1-15-13-18-11-10-17(16-7-3-2-4-8-16)14-19(18)20-9-5-6-12-21(15)20/h2-12,14H,1,13H2/q+1. The monoisotopic (exact) mass is 270 g/mol. The van der Waals surface area contributed by atoms with Gasteiger partial charge in [0.25, 0.3) is 0 Å². The van der Waals surface area contributed by atoms with Crippen molar-refractivity contribution in [2.24, 2.45) is 0 Å². The van der Waals surface area contributed by atoms with Gasteiger partial charge in [0.05, 0.1) is 12.0 Å². The van der Waals surface area contributed by atoms with E-state index < -0.39 is 0 Å². The molecule has 1 aliphatic rings. The number of pyridine rings is 1. The Labute approximate surface area is 124 Å². The van der Waals surface area contributed by atoms with Crippen LogP contribution in [0.15, 0.2) is 79.5 Å². The smallest absolute Gasteiger partial charge is 0.164 e. The number of allylic oxidation sites excluding steroid dienone is 1. The lowest BCUT2D eigenvalue weighted by Crippen LogP contribution is -2.37. The Balaban J connectivity index is 1.92. The number of fused-ring (bicyclic) bond motifs is 3. The molecule has 0 fully saturated rings. The largest absolute Gasteiger partial charge is 0.218 e. The Morgan fingerprint density at radius 1 is 0.810 bits per heavy atom. The summed E-state index contributed by atoms with van der Waals surface area (Å²) in [7, 11) is 0. The number of hydrogen-bond acceptors (Lipinski definition) is 0. The molecule has 0 bridgehead atoms. The SMILES string of the molecule is C=C1Cc2ccc(-c3ccccc3)cc2-c2cccc[n+]21. The minimum Gasteiger partial charge on any atom is -0.164 e. The van der Waals surface area contributed by atoms with Crippen LogP contribution in [0, 0.1) is 0 Å². The first kappa shape index (κ1) is 12.1. The highest BCUT2D eigenvalue weighted by Gasteiger charge is 2.25. The molecule has 100 valence electrons. The van der Waals surface area contributed by atoms with E-state index in [1.54, 1.807) is 0 Å².